The Labute approximate surface area is 192 Å². The first kappa shape index (κ1) is 21.0. The number of hydrogen-bond donors (Lipinski definition) is 1. The minimum Gasteiger partial charge on any atom is -0.497 e. The van der Waals surface area contributed by atoms with E-state index in [9.17, 15) is 4.79 Å². The van der Waals surface area contributed by atoms with Gasteiger partial charge in [-0.2, -0.15) is 0 Å². The molecule has 168 valence electrons. The number of benzene rings is 1. The van der Waals surface area contributed by atoms with Crippen molar-refractivity contribution in [1.82, 2.24) is 14.9 Å². The second-order valence-electron chi connectivity index (χ2n) is 8.76. The van der Waals surface area contributed by atoms with Crippen LogP contribution in [0.25, 0.3) is 10.2 Å². The second kappa shape index (κ2) is 8.58. The summed E-state index contributed by atoms with van der Waals surface area (Å²) in [7, 11) is 1.63. The first-order chi connectivity index (χ1) is 15.5. The van der Waals surface area contributed by atoms with Gasteiger partial charge in [-0.05, 0) is 61.9 Å². The summed E-state index contributed by atoms with van der Waals surface area (Å²) in [5, 5.41) is 4.23. The van der Waals surface area contributed by atoms with Crippen LogP contribution >= 0.6 is 11.3 Å². The molecule has 1 aliphatic carbocycles. The molecule has 1 saturated heterocycles. The number of aryl methyl sites for hydroxylation is 2. The molecular formula is C24H29N5O2S. The molecule has 0 spiro atoms. The highest BCUT2D eigenvalue weighted by atomic mass is 32.1. The molecule has 0 bridgehead atoms. The quantitative estimate of drug-likeness (QED) is 0.635. The molecule has 0 radical (unpaired) electrons. The molecule has 5 rings (SSSR count). The lowest BCUT2D eigenvalue weighted by Crippen LogP contribution is -2.50. The molecule has 1 aromatic carbocycles. The number of thiophene rings is 1. The van der Waals surface area contributed by atoms with Crippen molar-refractivity contribution in [3.05, 3.63) is 40.5 Å². The molecule has 1 atom stereocenters. The summed E-state index contributed by atoms with van der Waals surface area (Å²) in [4.78, 5) is 29.2. The van der Waals surface area contributed by atoms with Crippen LogP contribution in [-0.2, 0) is 12.8 Å². The van der Waals surface area contributed by atoms with Crippen molar-refractivity contribution < 1.29 is 9.53 Å². The first-order valence-electron chi connectivity index (χ1n) is 11.3. The maximum absolute atomic E-state index is 12.8. The molecule has 1 fully saturated rings. The van der Waals surface area contributed by atoms with Gasteiger partial charge in [-0.1, -0.05) is 6.92 Å². The van der Waals surface area contributed by atoms with Crippen molar-refractivity contribution >= 4 is 39.1 Å². The van der Waals surface area contributed by atoms with Gasteiger partial charge in [0.25, 0.3) is 0 Å². The van der Waals surface area contributed by atoms with Gasteiger partial charge in [-0.3, -0.25) is 0 Å². The zero-order valence-corrected chi connectivity index (χ0v) is 19.7. The van der Waals surface area contributed by atoms with E-state index in [4.69, 9.17) is 14.7 Å². The lowest BCUT2D eigenvalue weighted by Gasteiger charge is -2.36. The summed E-state index contributed by atoms with van der Waals surface area (Å²) < 4.78 is 5.18. The molecule has 1 N–H and O–H groups in total. The standard InChI is InChI=1S/C24H29N5O2S/c1-15-4-9-19-20(14-15)32-23-21(19)22(25-16(2)26-23)28-10-12-29(13-11-28)24(30)27-17-5-7-18(31-3)8-6-17/h5-8,15H,4,9-14H2,1-3H3,(H,27,30). The number of ether oxygens (including phenoxy) is 1. The van der Waals surface area contributed by atoms with E-state index < -0.39 is 0 Å². The summed E-state index contributed by atoms with van der Waals surface area (Å²) >= 11 is 1.84. The number of nitrogens with one attached hydrogen (secondary N) is 1. The van der Waals surface area contributed by atoms with Crippen molar-refractivity contribution in [2.24, 2.45) is 5.92 Å². The van der Waals surface area contributed by atoms with Gasteiger partial charge in [-0.15, -0.1) is 11.3 Å². The van der Waals surface area contributed by atoms with Gasteiger partial charge in [0.05, 0.1) is 12.5 Å². The van der Waals surface area contributed by atoms with Gasteiger partial charge in [0, 0.05) is 36.7 Å². The van der Waals surface area contributed by atoms with E-state index >= 15 is 0 Å². The highest BCUT2D eigenvalue weighted by molar-refractivity contribution is 7.19. The molecule has 1 aliphatic heterocycles. The van der Waals surface area contributed by atoms with Crippen LogP contribution in [-0.4, -0.2) is 54.2 Å². The summed E-state index contributed by atoms with van der Waals surface area (Å²) in [6.07, 6.45) is 3.49. The van der Waals surface area contributed by atoms with Crippen LogP contribution in [0.3, 0.4) is 0 Å². The molecule has 7 nitrogen and oxygen atoms in total. The highest BCUT2D eigenvalue weighted by Crippen LogP contribution is 2.41. The van der Waals surface area contributed by atoms with Crippen LogP contribution in [0.2, 0.25) is 0 Å². The molecule has 3 aromatic rings. The topological polar surface area (TPSA) is 70.6 Å². The molecule has 32 heavy (non-hydrogen) atoms. The summed E-state index contributed by atoms with van der Waals surface area (Å²) in [6, 6.07) is 7.33. The van der Waals surface area contributed by atoms with Crippen LogP contribution in [0.15, 0.2) is 24.3 Å². The lowest BCUT2D eigenvalue weighted by molar-refractivity contribution is 0.208. The minimum absolute atomic E-state index is 0.0688. The molecular weight excluding hydrogens is 422 g/mol. The number of aromatic nitrogens is 2. The van der Waals surface area contributed by atoms with Crippen LogP contribution < -0.4 is 15.0 Å². The van der Waals surface area contributed by atoms with Crippen molar-refractivity contribution in [3.8, 4) is 5.75 Å². The van der Waals surface area contributed by atoms with E-state index in [0.717, 1.165) is 59.8 Å². The second-order valence-corrected chi connectivity index (χ2v) is 9.84. The number of rotatable bonds is 3. The number of piperazine rings is 1. The van der Waals surface area contributed by atoms with E-state index in [2.05, 4.69) is 17.1 Å². The number of amides is 2. The van der Waals surface area contributed by atoms with Gasteiger partial charge in [0.2, 0.25) is 0 Å². The predicted molar refractivity (Wildman–Crippen MR) is 129 cm³/mol. The lowest BCUT2D eigenvalue weighted by atomic mass is 9.89. The SMILES string of the molecule is COc1ccc(NC(=O)N2CCN(c3nc(C)nc4sc5c(c34)CCC(C)C5)CC2)cc1. The zero-order valence-electron chi connectivity index (χ0n) is 18.9. The van der Waals surface area contributed by atoms with Gasteiger partial charge in [0.1, 0.15) is 22.2 Å². The van der Waals surface area contributed by atoms with E-state index in [1.807, 2.05) is 47.4 Å². The predicted octanol–water partition coefficient (Wildman–Crippen LogP) is 4.49. The normalized spacial score (nSPS) is 18.5. The Morgan fingerprint density at radius 2 is 1.91 bits per heavy atom. The van der Waals surface area contributed by atoms with Crippen molar-refractivity contribution in [1.29, 1.82) is 0 Å². The van der Waals surface area contributed by atoms with E-state index in [0.29, 0.717) is 13.1 Å². The summed E-state index contributed by atoms with van der Waals surface area (Å²) in [5.41, 5.74) is 2.23. The van der Waals surface area contributed by atoms with Gasteiger partial charge in [0.15, 0.2) is 0 Å². The van der Waals surface area contributed by atoms with Crippen molar-refractivity contribution in [2.75, 3.05) is 43.5 Å². The molecule has 0 saturated carbocycles. The number of fused-ring (bicyclic) bond motifs is 3. The molecule has 3 heterocycles. The maximum Gasteiger partial charge on any atom is 0.321 e. The van der Waals surface area contributed by atoms with Crippen molar-refractivity contribution in [3.63, 3.8) is 0 Å². The number of carbonyl (C=O) groups excluding carboxylic acids is 1. The number of anilines is 2. The van der Waals surface area contributed by atoms with E-state index in [1.54, 1.807) is 7.11 Å². The molecule has 2 aliphatic rings. The third kappa shape index (κ3) is 3.99. The highest BCUT2D eigenvalue weighted by Gasteiger charge is 2.28. The Hall–Kier alpha value is -2.87. The first-order valence-corrected chi connectivity index (χ1v) is 12.1. The Bertz CT molecular complexity index is 1140. The van der Waals surface area contributed by atoms with Gasteiger partial charge in [-0.25, -0.2) is 14.8 Å². The van der Waals surface area contributed by atoms with Crippen LogP contribution in [0.5, 0.6) is 5.75 Å². The number of methoxy groups -OCH3 is 1. The Balaban J connectivity index is 1.31. The molecule has 2 aromatic heterocycles. The van der Waals surface area contributed by atoms with E-state index in [-0.39, 0.29) is 6.03 Å². The monoisotopic (exact) mass is 451 g/mol. The fourth-order valence-electron chi connectivity index (χ4n) is 4.65. The number of urea groups is 1. The third-order valence-electron chi connectivity index (χ3n) is 6.46. The largest absolute Gasteiger partial charge is 0.497 e. The fraction of sp³-hybridized carbons (Fsp3) is 0.458. The average molecular weight is 452 g/mol. The number of nitrogens with zero attached hydrogens (tertiary/aromatic N) is 4. The smallest absolute Gasteiger partial charge is 0.321 e. The third-order valence-corrected chi connectivity index (χ3v) is 7.60. The summed E-state index contributed by atoms with van der Waals surface area (Å²) in [6.45, 7) is 7.17. The van der Waals surface area contributed by atoms with Crippen LogP contribution in [0.1, 0.15) is 29.6 Å². The average Bonchev–Trinajstić information content (AvgIpc) is 3.16. The number of hydrogen-bond acceptors (Lipinski definition) is 6. The van der Waals surface area contributed by atoms with Crippen LogP contribution in [0, 0.1) is 12.8 Å². The summed E-state index contributed by atoms with van der Waals surface area (Å²) in [5.74, 6) is 3.38. The maximum atomic E-state index is 12.8. The van der Waals surface area contributed by atoms with Crippen LogP contribution in [0.4, 0.5) is 16.3 Å². The molecule has 8 heteroatoms. The minimum atomic E-state index is -0.0688. The van der Waals surface area contributed by atoms with Gasteiger partial charge >= 0.3 is 6.03 Å². The Morgan fingerprint density at radius 1 is 1.16 bits per heavy atom. The van der Waals surface area contributed by atoms with Gasteiger partial charge < -0.3 is 19.9 Å². The molecule has 2 amide bonds. The molecule has 1 unspecified atom stereocenters. The van der Waals surface area contributed by atoms with E-state index in [1.165, 1.54) is 22.2 Å². The fourth-order valence-corrected chi connectivity index (χ4v) is 6.08. The Morgan fingerprint density at radius 3 is 2.62 bits per heavy atom. The van der Waals surface area contributed by atoms with Crippen molar-refractivity contribution in [2.45, 2.75) is 33.1 Å². The number of carbonyl (C=O) groups is 1. The Kier molecular flexibility index (Phi) is 5.63. The zero-order chi connectivity index (χ0) is 22.2.